The van der Waals surface area contributed by atoms with E-state index in [0.29, 0.717) is 0 Å². The lowest BCUT2D eigenvalue weighted by Gasteiger charge is -2.27. The molecule has 0 amide bonds. The molecule has 0 radical (unpaired) electrons. The highest BCUT2D eigenvalue weighted by Crippen LogP contribution is 2.25. The molecule has 0 aliphatic heterocycles. The summed E-state index contributed by atoms with van der Waals surface area (Å²) in [5.74, 6) is 0.501. The molecular weight excluding hydrogens is 381 g/mol. The fourth-order valence-corrected chi connectivity index (χ4v) is 4.02. The number of imidazole rings is 1. The topological polar surface area (TPSA) is 75.9 Å². The minimum atomic E-state index is -0.273. The molecule has 1 aliphatic carbocycles. The van der Waals surface area contributed by atoms with Crippen molar-refractivity contribution in [3.05, 3.63) is 66.9 Å². The lowest BCUT2D eigenvalue weighted by atomic mass is 9.93. The van der Waals surface area contributed by atoms with Crippen molar-refractivity contribution in [1.82, 2.24) is 19.5 Å². The predicted molar refractivity (Wildman–Crippen MR) is 114 cm³/mol. The number of halogens is 1. The SMILES string of the molecule is OC1CCCC(Nc2ccc3ncn(-c4ccnc(-c5ccc(F)cc5)c4)c3n2)C1. The van der Waals surface area contributed by atoms with Gasteiger partial charge in [0.25, 0.3) is 0 Å². The number of nitrogens with zero attached hydrogens (tertiary/aromatic N) is 4. The molecule has 0 bridgehead atoms. The molecule has 2 unspecified atom stereocenters. The van der Waals surface area contributed by atoms with E-state index in [-0.39, 0.29) is 18.0 Å². The van der Waals surface area contributed by atoms with E-state index in [1.54, 1.807) is 24.7 Å². The molecule has 2 N–H and O–H groups in total. The van der Waals surface area contributed by atoms with Crippen LogP contribution in [0, 0.1) is 5.82 Å². The second kappa shape index (κ2) is 7.84. The zero-order valence-electron chi connectivity index (χ0n) is 16.4. The Bertz CT molecular complexity index is 1170. The van der Waals surface area contributed by atoms with Crippen molar-refractivity contribution in [2.24, 2.45) is 0 Å². The number of aromatic nitrogens is 4. The summed E-state index contributed by atoms with van der Waals surface area (Å²) in [6.07, 6.45) is 6.89. The Kier molecular flexibility index (Phi) is 4.88. The van der Waals surface area contributed by atoms with Crippen LogP contribution >= 0.6 is 0 Å². The van der Waals surface area contributed by atoms with Crippen molar-refractivity contribution < 1.29 is 9.50 Å². The zero-order chi connectivity index (χ0) is 20.5. The van der Waals surface area contributed by atoms with Gasteiger partial charge >= 0.3 is 0 Å². The Hall–Kier alpha value is -3.32. The smallest absolute Gasteiger partial charge is 0.166 e. The maximum atomic E-state index is 13.2. The average molecular weight is 403 g/mol. The number of fused-ring (bicyclic) bond motifs is 1. The minimum Gasteiger partial charge on any atom is -0.393 e. The second-order valence-electron chi connectivity index (χ2n) is 7.72. The number of aliphatic hydroxyl groups excluding tert-OH is 1. The number of pyridine rings is 2. The Morgan fingerprint density at radius 2 is 1.90 bits per heavy atom. The van der Waals surface area contributed by atoms with Crippen LogP contribution in [0.1, 0.15) is 25.7 Å². The van der Waals surface area contributed by atoms with E-state index in [4.69, 9.17) is 4.98 Å². The van der Waals surface area contributed by atoms with Gasteiger partial charge in [0.1, 0.15) is 23.5 Å². The van der Waals surface area contributed by atoms with Crippen molar-refractivity contribution in [3.63, 3.8) is 0 Å². The highest BCUT2D eigenvalue weighted by molar-refractivity contribution is 5.75. The van der Waals surface area contributed by atoms with Crippen molar-refractivity contribution >= 4 is 17.0 Å². The first kappa shape index (κ1) is 18.7. The normalized spacial score (nSPS) is 19.1. The Balaban J connectivity index is 1.47. The Morgan fingerprint density at radius 1 is 1.03 bits per heavy atom. The average Bonchev–Trinajstić information content (AvgIpc) is 3.18. The maximum Gasteiger partial charge on any atom is 0.166 e. The molecule has 0 spiro atoms. The van der Waals surface area contributed by atoms with E-state index in [1.807, 2.05) is 28.8 Å². The van der Waals surface area contributed by atoms with Gasteiger partial charge in [0.15, 0.2) is 5.65 Å². The van der Waals surface area contributed by atoms with Crippen molar-refractivity contribution in [1.29, 1.82) is 0 Å². The number of aliphatic hydroxyl groups is 1. The number of anilines is 1. The monoisotopic (exact) mass is 403 g/mol. The lowest BCUT2D eigenvalue weighted by Crippen LogP contribution is -2.30. The number of rotatable bonds is 4. The fourth-order valence-electron chi connectivity index (χ4n) is 4.02. The Labute approximate surface area is 173 Å². The van der Waals surface area contributed by atoms with Crippen LogP contribution in [0.15, 0.2) is 61.1 Å². The van der Waals surface area contributed by atoms with Gasteiger partial charge in [-0.2, -0.15) is 0 Å². The van der Waals surface area contributed by atoms with Gasteiger partial charge in [0, 0.05) is 17.8 Å². The van der Waals surface area contributed by atoms with Crippen LogP contribution in [0.4, 0.5) is 10.2 Å². The molecule has 0 saturated heterocycles. The molecule has 2 atom stereocenters. The summed E-state index contributed by atoms with van der Waals surface area (Å²) < 4.78 is 15.2. The maximum absolute atomic E-state index is 13.2. The largest absolute Gasteiger partial charge is 0.393 e. The van der Waals surface area contributed by atoms with Crippen LogP contribution in [0.25, 0.3) is 28.1 Å². The van der Waals surface area contributed by atoms with Crippen molar-refractivity contribution in [2.45, 2.75) is 37.8 Å². The first-order valence-electron chi connectivity index (χ1n) is 10.2. The number of hydrogen-bond acceptors (Lipinski definition) is 5. The molecule has 152 valence electrons. The highest BCUT2D eigenvalue weighted by Gasteiger charge is 2.20. The summed E-state index contributed by atoms with van der Waals surface area (Å²) in [6.45, 7) is 0. The van der Waals surface area contributed by atoms with Gasteiger partial charge in [0.05, 0.1) is 17.5 Å². The molecule has 6 nitrogen and oxygen atoms in total. The van der Waals surface area contributed by atoms with Gasteiger partial charge in [-0.05, 0) is 74.2 Å². The van der Waals surface area contributed by atoms with Gasteiger partial charge in [0.2, 0.25) is 0 Å². The number of hydrogen-bond donors (Lipinski definition) is 2. The van der Waals surface area contributed by atoms with Gasteiger partial charge in [-0.3, -0.25) is 9.55 Å². The molecule has 30 heavy (non-hydrogen) atoms. The van der Waals surface area contributed by atoms with Crippen LogP contribution in [0.5, 0.6) is 0 Å². The first-order chi connectivity index (χ1) is 14.7. The molecule has 1 fully saturated rings. The standard InChI is InChI=1S/C23H22FN5O/c24-16-6-4-15(5-7-16)21-13-18(10-11-25-21)29-14-26-20-8-9-22(28-23(20)29)27-17-2-1-3-19(30)12-17/h4-11,13-14,17,19,30H,1-3,12H2,(H,27,28). The van der Waals surface area contributed by atoms with Gasteiger partial charge in [-0.1, -0.05) is 0 Å². The molecule has 1 saturated carbocycles. The van der Waals surface area contributed by atoms with E-state index in [2.05, 4.69) is 15.3 Å². The molecule has 3 heterocycles. The summed E-state index contributed by atoms with van der Waals surface area (Å²) in [4.78, 5) is 13.7. The minimum absolute atomic E-state index is 0.223. The molecule has 3 aromatic heterocycles. The first-order valence-corrected chi connectivity index (χ1v) is 10.2. The summed E-state index contributed by atoms with van der Waals surface area (Å²) in [5.41, 5.74) is 4.01. The summed E-state index contributed by atoms with van der Waals surface area (Å²) in [7, 11) is 0. The molecule has 7 heteroatoms. The van der Waals surface area contributed by atoms with Gasteiger partial charge in [-0.25, -0.2) is 14.4 Å². The van der Waals surface area contributed by atoms with Crippen LogP contribution in [-0.4, -0.2) is 36.8 Å². The lowest BCUT2D eigenvalue weighted by molar-refractivity contribution is 0.124. The fraction of sp³-hybridized carbons (Fsp3) is 0.261. The number of nitrogens with one attached hydrogen (secondary N) is 1. The highest BCUT2D eigenvalue weighted by atomic mass is 19.1. The summed E-state index contributed by atoms with van der Waals surface area (Å²) >= 11 is 0. The zero-order valence-corrected chi connectivity index (χ0v) is 16.4. The van der Waals surface area contributed by atoms with Gasteiger partial charge < -0.3 is 10.4 Å². The Morgan fingerprint density at radius 3 is 2.73 bits per heavy atom. The molecular formula is C23H22FN5O. The van der Waals surface area contributed by atoms with E-state index in [0.717, 1.165) is 59.6 Å². The molecule has 1 aromatic carbocycles. The van der Waals surface area contributed by atoms with E-state index >= 15 is 0 Å². The van der Waals surface area contributed by atoms with Crippen molar-refractivity contribution in [2.75, 3.05) is 5.32 Å². The van der Waals surface area contributed by atoms with Crippen LogP contribution in [0.3, 0.4) is 0 Å². The number of benzene rings is 1. The molecule has 5 rings (SSSR count). The third-order valence-corrected chi connectivity index (χ3v) is 5.56. The molecule has 1 aliphatic rings. The van der Waals surface area contributed by atoms with Gasteiger partial charge in [-0.15, -0.1) is 0 Å². The summed E-state index contributed by atoms with van der Waals surface area (Å²) in [5, 5.41) is 13.4. The van der Waals surface area contributed by atoms with Crippen LogP contribution in [0.2, 0.25) is 0 Å². The second-order valence-corrected chi connectivity index (χ2v) is 7.72. The third kappa shape index (κ3) is 3.76. The van der Waals surface area contributed by atoms with Crippen LogP contribution < -0.4 is 5.32 Å². The predicted octanol–water partition coefficient (Wildman–Crippen LogP) is 4.34. The third-order valence-electron chi connectivity index (χ3n) is 5.56. The molecule has 4 aromatic rings. The van der Waals surface area contributed by atoms with Crippen molar-refractivity contribution in [3.8, 4) is 16.9 Å². The van der Waals surface area contributed by atoms with E-state index < -0.39 is 0 Å². The quantitative estimate of drug-likeness (QED) is 0.530. The van der Waals surface area contributed by atoms with E-state index in [1.165, 1.54) is 12.1 Å². The summed E-state index contributed by atoms with van der Waals surface area (Å²) in [6, 6.07) is 14.2. The van der Waals surface area contributed by atoms with Crippen LogP contribution in [-0.2, 0) is 0 Å². The van der Waals surface area contributed by atoms with E-state index in [9.17, 15) is 9.50 Å².